The Labute approximate surface area is 140 Å². The number of ether oxygens (including phenoxy) is 1. The van der Waals surface area contributed by atoms with Gasteiger partial charge < -0.3 is 4.74 Å². The lowest BCUT2D eigenvalue weighted by Crippen LogP contribution is -1.99. The van der Waals surface area contributed by atoms with E-state index in [4.69, 9.17) is 4.74 Å². The summed E-state index contributed by atoms with van der Waals surface area (Å²) in [6, 6.07) is 7.77. The Morgan fingerprint density at radius 2 is 1.70 bits per heavy atom. The quantitative estimate of drug-likeness (QED) is 0.556. The first-order valence-corrected chi connectivity index (χ1v) is 7.90. The number of benzene rings is 2. The van der Waals surface area contributed by atoms with Gasteiger partial charge in [-0.3, -0.25) is 4.79 Å². The van der Waals surface area contributed by atoms with Crippen LogP contribution in [0.25, 0.3) is 0 Å². The molecule has 0 atom stereocenters. The maximum absolute atomic E-state index is 13.0. The molecule has 0 aliphatic heterocycles. The summed E-state index contributed by atoms with van der Waals surface area (Å²) in [6.45, 7) is 0.276. The van der Waals surface area contributed by atoms with Gasteiger partial charge in [-0.1, -0.05) is 22.0 Å². The molecule has 0 heterocycles. The summed E-state index contributed by atoms with van der Waals surface area (Å²) in [6.07, 6.45) is 0.760. The first-order chi connectivity index (χ1) is 9.51. The smallest absolute Gasteiger partial charge is 0.150 e. The van der Waals surface area contributed by atoms with Crippen molar-refractivity contribution >= 4 is 54.1 Å². The van der Waals surface area contributed by atoms with Crippen molar-refractivity contribution in [3.05, 3.63) is 60.7 Å². The molecule has 0 fully saturated rings. The minimum absolute atomic E-state index is 0.276. The number of carbonyl (C=O) groups is 1. The highest BCUT2D eigenvalue weighted by Gasteiger charge is 2.10. The molecule has 0 radical (unpaired) electrons. The monoisotopic (exact) mass is 464 g/mol. The van der Waals surface area contributed by atoms with Gasteiger partial charge in [-0.25, -0.2) is 4.39 Å². The van der Waals surface area contributed by atoms with E-state index >= 15 is 0 Å². The molecule has 0 N–H and O–H groups in total. The Balaban J connectivity index is 2.21. The second-order valence-electron chi connectivity index (χ2n) is 3.96. The normalized spacial score (nSPS) is 10.4. The standard InChI is InChI=1S/C14H8Br3FO2/c15-11-5-10(18)2-1-9(11)7-20-14-12(16)3-8(6-19)4-13(14)17/h1-6H,7H2. The van der Waals surface area contributed by atoms with Gasteiger partial charge in [-0.15, -0.1) is 0 Å². The molecule has 0 aromatic heterocycles. The van der Waals surface area contributed by atoms with Crippen molar-refractivity contribution < 1.29 is 13.9 Å². The average molecular weight is 467 g/mol. The highest BCUT2D eigenvalue weighted by Crippen LogP contribution is 2.35. The van der Waals surface area contributed by atoms with Crippen molar-refractivity contribution in [2.24, 2.45) is 0 Å². The first-order valence-electron chi connectivity index (χ1n) is 5.52. The van der Waals surface area contributed by atoms with E-state index in [0.29, 0.717) is 24.7 Å². The van der Waals surface area contributed by atoms with E-state index < -0.39 is 0 Å². The van der Waals surface area contributed by atoms with Gasteiger partial charge in [0.1, 0.15) is 24.5 Å². The van der Waals surface area contributed by atoms with Crippen LogP contribution in [0, 0.1) is 5.82 Å². The van der Waals surface area contributed by atoms with E-state index in [1.54, 1.807) is 18.2 Å². The summed E-state index contributed by atoms with van der Waals surface area (Å²) >= 11 is 10.0. The zero-order chi connectivity index (χ0) is 14.7. The predicted octanol–water partition coefficient (Wildman–Crippen LogP) is 5.50. The van der Waals surface area contributed by atoms with Crippen LogP contribution in [-0.4, -0.2) is 6.29 Å². The van der Waals surface area contributed by atoms with Crippen molar-refractivity contribution in [1.29, 1.82) is 0 Å². The lowest BCUT2D eigenvalue weighted by atomic mass is 10.2. The van der Waals surface area contributed by atoms with Crippen molar-refractivity contribution in [3.8, 4) is 5.75 Å². The van der Waals surface area contributed by atoms with Crippen LogP contribution in [-0.2, 0) is 6.61 Å². The van der Waals surface area contributed by atoms with Gasteiger partial charge in [0.15, 0.2) is 0 Å². The maximum Gasteiger partial charge on any atom is 0.150 e. The lowest BCUT2D eigenvalue weighted by Gasteiger charge is -2.12. The fourth-order valence-electron chi connectivity index (χ4n) is 1.57. The summed E-state index contributed by atoms with van der Waals surface area (Å²) in [7, 11) is 0. The fraction of sp³-hybridized carbons (Fsp3) is 0.0714. The van der Waals surface area contributed by atoms with Crippen molar-refractivity contribution in [3.63, 3.8) is 0 Å². The fourth-order valence-corrected chi connectivity index (χ4v) is 3.49. The van der Waals surface area contributed by atoms with Crippen LogP contribution in [0.15, 0.2) is 43.7 Å². The third kappa shape index (κ3) is 3.68. The van der Waals surface area contributed by atoms with Crippen LogP contribution in [0.2, 0.25) is 0 Å². The van der Waals surface area contributed by atoms with E-state index in [1.165, 1.54) is 12.1 Å². The lowest BCUT2D eigenvalue weighted by molar-refractivity contribution is 0.112. The molecule has 2 aromatic rings. The van der Waals surface area contributed by atoms with Gasteiger partial charge >= 0.3 is 0 Å². The molecule has 20 heavy (non-hydrogen) atoms. The molecule has 0 aliphatic carbocycles. The minimum Gasteiger partial charge on any atom is -0.486 e. The average Bonchev–Trinajstić information content (AvgIpc) is 2.39. The first kappa shape index (κ1) is 15.7. The van der Waals surface area contributed by atoms with Crippen LogP contribution >= 0.6 is 47.8 Å². The molecule has 0 amide bonds. The van der Waals surface area contributed by atoms with Gasteiger partial charge in [0, 0.05) is 15.6 Å². The molecule has 0 unspecified atom stereocenters. The van der Waals surface area contributed by atoms with E-state index in [1.807, 2.05) is 0 Å². The van der Waals surface area contributed by atoms with Crippen molar-refractivity contribution in [2.45, 2.75) is 6.61 Å². The molecule has 6 heteroatoms. The number of aldehydes is 1. The van der Waals surface area contributed by atoms with Crippen LogP contribution in [0.5, 0.6) is 5.75 Å². The SMILES string of the molecule is O=Cc1cc(Br)c(OCc2ccc(F)cc2Br)c(Br)c1. The summed E-state index contributed by atoms with van der Waals surface area (Å²) in [5.74, 6) is 0.283. The van der Waals surface area contributed by atoms with Crippen LogP contribution < -0.4 is 4.74 Å². The Morgan fingerprint density at radius 3 is 2.25 bits per heavy atom. The van der Waals surface area contributed by atoms with Crippen LogP contribution in [0.4, 0.5) is 4.39 Å². The molecule has 0 bridgehead atoms. The second kappa shape index (κ2) is 6.83. The summed E-state index contributed by atoms with van der Waals surface area (Å²) in [4.78, 5) is 10.8. The number of halogens is 4. The minimum atomic E-state index is -0.307. The molecular formula is C14H8Br3FO2. The Morgan fingerprint density at radius 1 is 1.05 bits per heavy atom. The maximum atomic E-state index is 13.0. The van der Waals surface area contributed by atoms with Gasteiger partial charge in [-0.05, 0) is 56.1 Å². The molecule has 0 aliphatic rings. The molecule has 2 nitrogen and oxygen atoms in total. The summed E-state index contributed by atoms with van der Waals surface area (Å²) in [5.41, 5.74) is 1.36. The number of carbonyl (C=O) groups excluding carboxylic acids is 1. The van der Waals surface area contributed by atoms with Crippen molar-refractivity contribution in [2.75, 3.05) is 0 Å². The van der Waals surface area contributed by atoms with Gasteiger partial charge in [0.2, 0.25) is 0 Å². The van der Waals surface area contributed by atoms with Gasteiger partial charge in [0.25, 0.3) is 0 Å². The molecule has 0 spiro atoms. The summed E-state index contributed by atoms with van der Waals surface area (Å²) < 4.78 is 20.7. The zero-order valence-corrected chi connectivity index (χ0v) is 14.8. The van der Waals surface area contributed by atoms with E-state index in [-0.39, 0.29) is 12.4 Å². The number of rotatable bonds is 4. The molecule has 0 saturated carbocycles. The molecule has 104 valence electrons. The second-order valence-corrected chi connectivity index (χ2v) is 6.52. The van der Waals surface area contributed by atoms with Crippen molar-refractivity contribution in [1.82, 2.24) is 0 Å². The van der Waals surface area contributed by atoms with Gasteiger partial charge in [-0.2, -0.15) is 0 Å². The van der Waals surface area contributed by atoms with E-state index in [0.717, 1.165) is 11.8 Å². The Bertz CT molecular complexity index is 636. The largest absolute Gasteiger partial charge is 0.486 e. The summed E-state index contributed by atoms with van der Waals surface area (Å²) in [5, 5.41) is 0. The Kier molecular flexibility index (Phi) is 5.35. The highest BCUT2D eigenvalue weighted by molar-refractivity contribution is 9.11. The van der Waals surface area contributed by atoms with Crippen LogP contribution in [0.3, 0.4) is 0 Å². The number of hydrogen-bond acceptors (Lipinski definition) is 2. The van der Waals surface area contributed by atoms with E-state index in [2.05, 4.69) is 47.8 Å². The molecular weight excluding hydrogens is 459 g/mol. The van der Waals surface area contributed by atoms with Gasteiger partial charge in [0.05, 0.1) is 8.95 Å². The highest BCUT2D eigenvalue weighted by atomic mass is 79.9. The number of hydrogen-bond donors (Lipinski definition) is 0. The van der Waals surface area contributed by atoms with Crippen LogP contribution in [0.1, 0.15) is 15.9 Å². The zero-order valence-electron chi connectivity index (χ0n) is 10.00. The molecule has 0 saturated heterocycles. The third-order valence-electron chi connectivity index (χ3n) is 2.54. The molecule has 2 rings (SSSR count). The predicted molar refractivity (Wildman–Crippen MR) is 85.7 cm³/mol. The topological polar surface area (TPSA) is 26.3 Å². The molecule has 2 aromatic carbocycles. The van der Waals surface area contributed by atoms with E-state index in [9.17, 15) is 9.18 Å². The Hall–Kier alpha value is -0.720. The third-order valence-corrected chi connectivity index (χ3v) is 4.46.